The number of carbonyl (C=O) groups excluding carboxylic acids is 1. The zero-order valence-electron chi connectivity index (χ0n) is 15.5. The lowest BCUT2D eigenvalue weighted by Gasteiger charge is -2.31. The molecule has 0 spiro atoms. The number of imidazole rings is 1. The number of nitrogens with two attached hydrogens (primary N) is 1. The summed E-state index contributed by atoms with van der Waals surface area (Å²) in [6, 6.07) is 8.51. The van der Waals surface area contributed by atoms with Crippen LogP contribution in [0.5, 0.6) is 0 Å². The third kappa shape index (κ3) is 4.70. The maximum absolute atomic E-state index is 12.4. The average Bonchev–Trinajstić information content (AvgIpc) is 2.93. The Morgan fingerprint density at radius 2 is 1.88 bits per heavy atom. The summed E-state index contributed by atoms with van der Waals surface area (Å²) in [6.45, 7) is 4.90. The van der Waals surface area contributed by atoms with Crippen LogP contribution in [-0.2, 0) is 11.2 Å². The first kappa shape index (κ1) is 22.7. The highest BCUT2D eigenvalue weighted by Crippen LogP contribution is 2.26. The van der Waals surface area contributed by atoms with Crippen LogP contribution in [-0.4, -0.2) is 27.5 Å². The van der Waals surface area contributed by atoms with Crippen LogP contribution in [0, 0.1) is 0 Å². The first-order chi connectivity index (χ1) is 11.5. The molecule has 5 nitrogen and oxygen atoms in total. The van der Waals surface area contributed by atoms with Crippen molar-refractivity contribution in [2.75, 3.05) is 6.54 Å². The van der Waals surface area contributed by atoms with E-state index in [2.05, 4.69) is 29.8 Å². The van der Waals surface area contributed by atoms with Crippen molar-refractivity contribution in [1.29, 1.82) is 0 Å². The minimum absolute atomic E-state index is 0. The van der Waals surface area contributed by atoms with Gasteiger partial charge in [0.05, 0.1) is 16.6 Å². The van der Waals surface area contributed by atoms with E-state index in [0.717, 1.165) is 42.5 Å². The fourth-order valence-electron chi connectivity index (χ4n) is 3.72. The Balaban J connectivity index is 0.00000169. The minimum atomic E-state index is -0.670. The van der Waals surface area contributed by atoms with Crippen molar-refractivity contribution in [2.45, 2.75) is 64.0 Å². The maximum atomic E-state index is 12.4. The van der Waals surface area contributed by atoms with Crippen LogP contribution < -0.4 is 11.1 Å². The van der Waals surface area contributed by atoms with Gasteiger partial charge in [-0.15, -0.1) is 24.8 Å². The van der Waals surface area contributed by atoms with Crippen molar-refractivity contribution < 1.29 is 4.79 Å². The number of hydrogen-bond donors (Lipinski definition) is 2. The number of aromatic nitrogens is 2. The van der Waals surface area contributed by atoms with E-state index in [1.807, 2.05) is 18.2 Å². The predicted molar refractivity (Wildman–Crippen MR) is 111 cm³/mol. The molecule has 1 aromatic heterocycles. The number of rotatable bonds is 5. The molecule has 1 fully saturated rings. The van der Waals surface area contributed by atoms with Gasteiger partial charge in [0.1, 0.15) is 5.82 Å². The Hall–Kier alpha value is -1.30. The van der Waals surface area contributed by atoms with Gasteiger partial charge >= 0.3 is 0 Å². The molecule has 1 heterocycles. The summed E-state index contributed by atoms with van der Waals surface area (Å²) in [4.78, 5) is 17.2. The van der Waals surface area contributed by atoms with Gasteiger partial charge in [0, 0.05) is 19.0 Å². The van der Waals surface area contributed by atoms with Crippen LogP contribution >= 0.6 is 24.8 Å². The van der Waals surface area contributed by atoms with E-state index < -0.39 is 5.54 Å². The standard InChI is InChI=1S/C19H28N4O.2ClH/c1-14(2)23-16-9-5-4-8-15(16)22-17(23)10-13-21-18(24)19(20)11-6-3-7-12-19;;/h4-5,8-9,14H,3,6-7,10-13,20H2,1-2H3,(H,21,24);2*1H. The molecule has 1 saturated carbocycles. The lowest BCUT2D eigenvalue weighted by atomic mass is 9.82. The highest BCUT2D eigenvalue weighted by molar-refractivity contribution is 5.86. The smallest absolute Gasteiger partial charge is 0.240 e. The molecule has 0 aliphatic heterocycles. The quantitative estimate of drug-likeness (QED) is 0.801. The number of para-hydroxylation sites is 2. The zero-order valence-corrected chi connectivity index (χ0v) is 17.2. The van der Waals surface area contributed by atoms with Gasteiger partial charge in [-0.05, 0) is 38.8 Å². The van der Waals surface area contributed by atoms with Gasteiger partial charge in [-0.2, -0.15) is 0 Å². The number of amides is 1. The molecular formula is C19H30Cl2N4O. The number of hydrogen-bond acceptors (Lipinski definition) is 3. The normalized spacial score (nSPS) is 16.0. The fraction of sp³-hybridized carbons (Fsp3) is 0.579. The van der Waals surface area contributed by atoms with Gasteiger partial charge in [-0.25, -0.2) is 4.98 Å². The highest BCUT2D eigenvalue weighted by atomic mass is 35.5. The molecule has 2 aromatic rings. The van der Waals surface area contributed by atoms with Gasteiger partial charge < -0.3 is 15.6 Å². The van der Waals surface area contributed by atoms with Crippen LogP contribution in [0.2, 0.25) is 0 Å². The Morgan fingerprint density at radius 3 is 2.54 bits per heavy atom. The van der Waals surface area contributed by atoms with Gasteiger partial charge in [0.2, 0.25) is 5.91 Å². The van der Waals surface area contributed by atoms with Crippen LogP contribution in [0.3, 0.4) is 0 Å². The van der Waals surface area contributed by atoms with E-state index in [1.54, 1.807) is 0 Å². The van der Waals surface area contributed by atoms with Crippen molar-refractivity contribution in [1.82, 2.24) is 14.9 Å². The summed E-state index contributed by atoms with van der Waals surface area (Å²) in [7, 11) is 0. The van der Waals surface area contributed by atoms with Gasteiger partial charge in [-0.3, -0.25) is 4.79 Å². The van der Waals surface area contributed by atoms with Crippen LogP contribution in [0.4, 0.5) is 0 Å². The van der Waals surface area contributed by atoms with Crippen molar-refractivity contribution in [3.05, 3.63) is 30.1 Å². The third-order valence-electron chi connectivity index (χ3n) is 5.02. The van der Waals surface area contributed by atoms with Crippen LogP contribution in [0.25, 0.3) is 11.0 Å². The largest absolute Gasteiger partial charge is 0.354 e. The molecule has 26 heavy (non-hydrogen) atoms. The van der Waals surface area contributed by atoms with E-state index in [1.165, 1.54) is 6.42 Å². The second kappa shape index (κ2) is 9.58. The number of nitrogens with one attached hydrogen (secondary N) is 1. The predicted octanol–water partition coefficient (Wildman–Crippen LogP) is 3.78. The third-order valence-corrected chi connectivity index (χ3v) is 5.02. The molecule has 3 rings (SSSR count). The minimum Gasteiger partial charge on any atom is -0.354 e. The molecule has 3 N–H and O–H groups in total. The van der Waals surface area contributed by atoms with E-state index in [4.69, 9.17) is 10.7 Å². The molecule has 7 heteroatoms. The molecule has 146 valence electrons. The SMILES string of the molecule is CC(C)n1c(CCNC(=O)C2(N)CCCCC2)nc2ccccc21.Cl.Cl. The lowest BCUT2D eigenvalue weighted by molar-refractivity contribution is -0.127. The number of nitrogens with zero attached hydrogens (tertiary/aromatic N) is 2. The zero-order chi connectivity index (χ0) is 17.2. The Bertz CT molecular complexity index is 723. The molecule has 1 aliphatic rings. The molecule has 0 atom stereocenters. The summed E-state index contributed by atoms with van der Waals surface area (Å²) in [5.74, 6) is 1.01. The van der Waals surface area contributed by atoms with Crippen LogP contribution in [0.15, 0.2) is 24.3 Å². The molecule has 0 bridgehead atoms. The number of fused-ring (bicyclic) bond motifs is 1. The molecule has 1 aliphatic carbocycles. The summed E-state index contributed by atoms with van der Waals surface area (Å²) in [5, 5.41) is 3.03. The Kier molecular flexibility index (Phi) is 8.38. The average molecular weight is 401 g/mol. The Morgan fingerprint density at radius 1 is 1.23 bits per heavy atom. The summed E-state index contributed by atoms with van der Waals surface area (Å²) >= 11 is 0. The van der Waals surface area contributed by atoms with Crippen molar-refractivity contribution in [3.8, 4) is 0 Å². The second-order valence-corrected chi connectivity index (χ2v) is 7.20. The molecule has 0 saturated heterocycles. The van der Waals surface area contributed by atoms with Gasteiger partial charge in [0.15, 0.2) is 0 Å². The van der Waals surface area contributed by atoms with Crippen molar-refractivity contribution in [2.24, 2.45) is 5.73 Å². The van der Waals surface area contributed by atoms with Crippen molar-refractivity contribution in [3.63, 3.8) is 0 Å². The number of carbonyl (C=O) groups is 1. The summed E-state index contributed by atoms with van der Waals surface area (Å²) < 4.78 is 2.25. The summed E-state index contributed by atoms with van der Waals surface area (Å²) in [6.07, 6.45) is 5.59. The second-order valence-electron chi connectivity index (χ2n) is 7.20. The summed E-state index contributed by atoms with van der Waals surface area (Å²) in [5.41, 5.74) is 7.78. The fourth-order valence-corrected chi connectivity index (χ4v) is 3.72. The number of benzene rings is 1. The molecule has 0 unspecified atom stereocenters. The molecule has 1 amide bonds. The topological polar surface area (TPSA) is 72.9 Å². The highest BCUT2D eigenvalue weighted by Gasteiger charge is 2.34. The lowest BCUT2D eigenvalue weighted by Crippen LogP contribution is -2.55. The van der Waals surface area contributed by atoms with Crippen LogP contribution in [0.1, 0.15) is 57.8 Å². The van der Waals surface area contributed by atoms with E-state index in [0.29, 0.717) is 19.0 Å². The first-order valence-electron chi connectivity index (χ1n) is 9.04. The Labute approximate surface area is 167 Å². The molecular weight excluding hydrogens is 371 g/mol. The van der Waals surface area contributed by atoms with Gasteiger partial charge in [-0.1, -0.05) is 31.4 Å². The van der Waals surface area contributed by atoms with E-state index in [9.17, 15) is 4.79 Å². The monoisotopic (exact) mass is 400 g/mol. The number of halogens is 2. The van der Waals surface area contributed by atoms with Gasteiger partial charge in [0.25, 0.3) is 0 Å². The maximum Gasteiger partial charge on any atom is 0.240 e. The van der Waals surface area contributed by atoms with E-state index >= 15 is 0 Å². The van der Waals surface area contributed by atoms with E-state index in [-0.39, 0.29) is 30.7 Å². The molecule has 0 radical (unpaired) electrons. The molecule has 1 aromatic carbocycles. The first-order valence-corrected chi connectivity index (χ1v) is 9.04. The van der Waals surface area contributed by atoms with Crippen molar-refractivity contribution >= 4 is 41.8 Å².